The highest BCUT2D eigenvalue weighted by Gasteiger charge is 2.18. The number of hydrogen-bond acceptors (Lipinski definition) is 3. The molecule has 0 saturated carbocycles. The number of benzene rings is 1. The normalized spacial score (nSPS) is 13.4. The van der Waals surface area contributed by atoms with Gasteiger partial charge in [-0.05, 0) is 17.7 Å². The Morgan fingerprint density at radius 3 is 3.00 bits per heavy atom. The van der Waals surface area contributed by atoms with Crippen molar-refractivity contribution in [2.45, 2.75) is 6.42 Å². The summed E-state index contributed by atoms with van der Waals surface area (Å²) in [4.78, 5) is 11.3. The summed E-state index contributed by atoms with van der Waals surface area (Å²) in [5, 5.41) is 12.8. The monoisotopic (exact) mass is 228 g/mol. The topological polar surface area (TPSA) is 69.8 Å². The van der Waals surface area contributed by atoms with Gasteiger partial charge in [-0.3, -0.25) is 9.89 Å². The van der Waals surface area contributed by atoms with E-state index in [-0.39, 0.29) is 5.91 Å². The zero-order valence-corrected chi connectivity index (χ0v) is 9.37. The quantitative estimate of drug-likeness (QED) is 0.731. The van der Waals surface area contributed by atoms with Gasteiger partial charge in [0.2, 0.25) is 5.91 Å². The van der Waals surface area contributed by atoms with E-state index in [1.54, 1.807) is 0 Å². The van der Waals surface area contributed by atoms with Gasteiger partial charge >= 0.3 is 0 Å². The van der Waals surface area contributed by atoms with Gasteiger partial charge < -0.3 is 10.6 Å². The number of hydrogen-bond donors (Lipinski definition) is 3. The van der Waals surface area contributed by atoms with E-state index in [0.717, 1.165) is 28.3 Å². The SMILES string of the molecule is CNc1cc(-c2ccc3c(c2)CC(=O)N3)[nH]n1. The second-order valence-corrected chi connectivity index (χ2v) is 4.01. The summed E-state index contributed by atoms with van der Waals surface area (Å²) in [5.74, 6) is 0.854. The molecule has 5 nitrogen and oxygen atoms in total. The van der Waals surface area contributed by atoms with Gasteiger partial charge in [0.15, 0.2) is 0 Å². The third-order valence-corrected chi connectivity index (χ3v) is 2.88. The number of nitrogens with zero attached hydrogens (tertiary/aromatic N) is 1. The van der Waals surface area contributed by atoms with Crippen LogP contribution >= 0.6 is 0 Å². The predicted octanol–water partition coefficient (Wildman–Crippen LogP) is 1.61. The molecule has 5 heteroatoms. The summed E-state index contributed by atoms with van der Waals surface area (Å²) in [6.07, 6.45) is 0.455. The summed E-state index contributed by atoms with van der Waals surface area (Å²) < 4.78 is 0. The van der Waals surface area contributed by atoms with Crippen molar-refractivity contribution in [2.75, 3.05) is 17.7 Å². The molecule has 0 aliphatic carbocycles. The summed E-state index contributed by atoms with van der Waals surface area (Å²) in [7, 11) is 1.82. The number of carbonyl (C=O) groups excluding carboxylic acids is 1. The maximum atomic E-state index is 11.3. The van der Waals surface area contributed by atoms with Crippen molar-refractivity contribution in [3.05, 3.63) is 29.8 Å². The summed E-state index contributed by atoms with van der Waals surface area (Å²) in [6, 6.07) is 7.85. The molecule has 0 fully saturated rings. The van der Waals surface area contributed by atoms with E-state index in [1.165, 1.54) is 0 Å². The molecular formula is C12H12N4O. The standard InChI is InChI=1S/C12H12N4O/c1-13-11-6-10(15-16-11)7-2-3-9-8(4-7)5-12(17)14-9/h2-4,6H,5H2,1H3,(H,14,17)(H2,13,15,16). The maximum absolute atomic E-state index is 11.3. The Kier molecular flexibility index (Phi) is 2.11. The number of aromatic amines is 1. The van der Waals surface area contributed by atoms with E-state index >= 15 is 0 Å². The number of H-pyrrole nitrogens is 1. The van der Waals surface area contributed by atoms with Gasteiger partial charge in [0.25, 0.3) is 0 Å². The van der Waals surface area contributed by atoms with Gasteiger partial charge in [0, 0.05) is 24.4 Å². The average molecular weight is 228 g/mol. The van der Waals surface area contributed by atoms with Crippen LogP contribution in [0, 0.1) is 0 Å². The zero-order chi connectivity index (χ0) is 11.8. The third-order valence-electron chi connectivity index (χ3n) is 2.88. The van der Waals surface area contributed by atoms with Crippen molar-refractivity contribution in [2.24, 2.45) is 0 Å². The van der Waals surface area contributed by atoms with Crippen LogP contribution in [-0.4, -0.2) is 23.2 Å². The minimum Gasteiger partial charge on any atom is -0.372 e. The Bertz CT molecular complexity index is 588. The number of fused-ring (bicyclic) bond motifs is 1. The highest BCUT2D eigenvalue weighted by atomic mass is 16.1. The molecule has 0 unspecified atom stereocenters. The van der Waals surface area contributed by atoms with Crippen LogP contribution in [-0.2, 0) is 11.2 Å². The fourth-order valence-electron chi connectivity index (χ4n) is 1.99. The molecule has 0 radical (unpaired) electrons. The van der Waals surface area contributed by atoms with Gasteiger partial charge in [0.1, 0.15) is 5.82 Å². The first kappa shape index (κ1) is 9.89. The smallest absolute Gasteiger partial charge is 0.228 e. The number of amides is 1. The molecule has 1 amide bonds. The number of anilines is 2. The van der Waals surface area contributed by atoms with E-state index in [2.05, 4.69) is 20.8 Å². The molecule has 1 aromatic carbocycles. The number of rotatable bonds is 2. The van der Waals surface area contributed by atoms with Crippen molar-refractivity contribution >= 4 is 17.4 Å². The van der Waals surface area contributed by atoms with E-state index in [0.29, 0.717) is 6.42 Å². The molecule has 1 aliphatic heterocycles. The fourth-order valence-corrected chi connectivity index (χ4v) is 1.99. The Hall–Kier alpha value is -2.30. The highest BCUT2D eigenvalue weighted by Crippen LogP contribution is 2.28. The predicted molar refractivity (Wildman–Crippen MR) is 65.9 cm³/mol. The first-order valence-corrected chi connectivity index (χ1v) is 5.42. The second-order valence-electron chi connectivity index (χ2n) is 4.01. The average Bonchev–Trinajstić information content (AvgIpc) is 2.92. The first-order chi connectivity index (χ1) is 8.26. The van der Waals surface area contributed by atoms with Gasteiger partial charge in [-0.1, -0.05) is 6.07 Å². The molecule has 0 atom stereocenters. The van der Waals surface area contributed by atoms with Crippen LogP contribution in [0.3, 0.4) is 0 Å². The third kappa shape index (κ3) is 1.65. The lowest BCUT2D eigenvalue weighted by atomic mass is 10.1. The minimum atomic E-state index is 0.0534. The van der Waals surface area contributed by atoms with Crippen LogP contribution in [0.1, 0.15) is 5.56 Å². The fraction of sp³-hybridized carbons (Fsp3) is 0.167. The maximum Gasteiger partial charge on any atom is 0.228 e. The van der Waals surface area contributed by atoms with Crippen LogP contribution in [0.5, 0.6) is 0 Å². The van der Waals surface area contributed by atoms with Gasteiger partial charge in [-0.2, -0.15) is 5.10 Å². The van der Waals surface area contributed by atoms with Crippen molar-refractivity contribution < 1.29 is 4.79 Å². The van der Waals surface area contributed by atoms with Crippen molar-refractivity contribution in [3.8, 4) is 11.3 Å². The van der Waals surface area contributed by atoms with Gasteiger partial charge in [0.05, 0.1) is 12.1 Å². The Morgan fingerprint density at radius 1 is 1.35 bits per heavy atom. The minimum absolute atomic E-state index is 0.0534. The van der Waals surface area contributed by atoms with E-state index in [1.807, 2.05) is 31.3 Å². The molecule has 3 rings (SSSR count). The van der Waals surface area contributed by atoms with Gasteiger partial charge in [-0.25, -0.2) is 0 Å². The molecule has 1 aromatic heterocycles. The van der Waals surface area contributed by atoms with Crippen molar-refractivity contribution in [3.63, 3.8) is 0 Å². The molecule has 2 aromatic rings. The first-order valence-electron chi connectivity index (χ1n) is 5.42. The summed E-state index contributed by atoms with van der Waals surface area (Å²) in [5.41, 5.74) is 3.92. The van der Waals surface area contributed by atoms with E-state index in [4.69, 9.17) is 0 Å². The van der Waals surface area contributed by atoms with Crippen LogP contribution in [0.4, 0.5) is 11.5 Å². The number of carbonyl (C=O) groups is 1. The summed E-state index contributed by atoms with van der Waals surface area (Å²) >= 11 is 0. The molecule has 0 bridgehead atoms. The van der Waals surface area contributed by atoms with Gasteiger partial charge in [-0.15, -0.1) is 0 Å². The zero-order valence-electron chi connectivity index (χ0n) is 9.37. The molecule has 86 valence electrons. The molecule has 0 saturated heterocycles. The van der Waals surface area contributed by atoms with Crippen LogP contribution < -0.4 is 10.6 Å². The van der Waals surface area contributed by atoms with E-state index in [9.17, 15) is 4.79 Å². The Labute approximate surface area is 98.2 Å². The second kappa shape index (κ2) is 3.62. The lowest BCUT2D eigenvalue weighted by Crippen LogP contribution is -2.03. The van der Waals surface area contributed by atoms with Crippen LogP contribution in [0.15, 0.2) is 24.3 Å². The summed E-state index contributed by atoms with van der Waals surface area (Å²) in [6.45, 7) is 0. The molecule has 1 aliphatic rings. The van der Waals surface area contributed by atoms with E-state index < -0.39 is 0 Å². The molecule has 3 N–H and O–H groups in total. The molecular weight excluding hydrogens is 216 g/mol. The number of aromatic nitrogens is 2. The Balaban J connectivity index is 1.99. The highest BCUT2D eigenvalue weighted by molar-refractivity contribution is 5.99. The molecule has 0 spiro atoms. The lowest BCUT2D eigenvalue weighted by molar-refractivity contribution is -0.115. The lowest BCUT2D eigenvalue weighted by Gasteiger charge is -2.01. The van der Waals surface area contributed by atoms with Crippen LogP contribution in [0.2, 0.25) is 0 Å². The van der Waals surface area contributed by atoms with Crippen molar-refractivity contribution in [1.82, 2.24) is 10.2 Å². The number of nitrogens with one attached hydrogen (secondary N) is 3. The molecule has 17 heavy (non-hydrogen) atoms. The van der Waals surface area contributed by atoms with Crippen LogP contribution in [0.25, 0.3) is 11.3 Å². The molecule has 2 heterocycles. The van der Waals surface area contributed by atoms with Crippen molar-refractivity contribution in [1.29, 1.82) is 0 Å². The largest absolute Gasteiger partial charge is 0.372 e. The Morgan fingerprint density at radius 2 is 2.24 bits per heavy atom.